The lowest BCUT2D eigenvalue weighted by atomic mass is 10.0. The van der Waals surface area contributed by atoms with Crippen LogP contribution in [0.5, 0.6) is 0 Å². The second-order valence-electron chi connectivity index (χ2n) is 3.75. The van der Waals surface area contributed by atoms with Crippen molar-refractivity contribution in [2.24, 2.45) is 0 Å². The maximum Gasteiger partial charge on any atom is 0.416 e. The van der Waals surface area contributed by atoms with Gasteiger partial charge in [-0.25, -0.2) is 0 Å². The number of amides is 1. The van der Waals surface area contributed by atoms with E-state index in [2.05, 4.69) is 5.32 Å². The summed E-state index contributed by atoms with van der Waals surface area (Å²) in [6.07, 6.45) is -4.63. The maximum absolute atomic E-state index is 12.4. The van der Waals surface area contributed by atoms with E-state index in [-0.39, 0.29) is 13.0 Å². The van der Waals surface area contributed by atoms with Crippen LogP contribution >= 0.6 is 0 Å². The lowest BCUT2D eigenvalue weighted by Crippen LogP contribution is -2.22. The number of nitriles is 1. The van der Waals surface area contributed by atoms with Gasteiger partial charge in [-0.2, -0.15) is 18.4 Å². The van der Waals surface area contributed by atoms with Gasteiger partial charge >= 0.3 is 6.18 Å². The van der Waals surface area contributed by atoms with Crippen LogP contribution in [0.2, 0.25) is 0 Å². The SMILES string of the molecule is Cc1cc(C(F)(F)F)ccc1CNC(=O)CC#N. The summed E-state index contributed by atoms with van der Waals surface area (Å²) >= 11 is 0. The predicted octanol–water partition coefficient (Wildman–Crippen LogP) is 2.54. The Kier molecular flexibility index (Phi) is 4.32. The van der Waals surface area contributed by atoms with Gasteiger partial charge in [-0.1, -0.05) is 6.07 Å². The molecule has 0 radical (unpaired) electrons. The summed E-state index contributed by atoms with van der Waals surface area (Å²) in [6, 6.07) is 5.02. The average molecular weight is 256 g/mol. The summed E-state index contributed by atoms with van der Waals surface area (Å²) in [5.74, 6) is -0.447. The van der Waals surface area contributed by atoms with E-state index in [1.165, 1.54) is 6.07 Å². The van der Waals surface area contributed by atoms with Crippen LogP contribution in [0, 0.1) is 18.3 Å². The highest BCUT2D eigenvalue weighted by molar-refractivity contribution is 5.77. The Balaban J connectivity index is 2.75. The first-order valence-corrected chi connectivity index (χ1v) is 5.15. The first-order chi connectivity index (χ1) is 8.34. The minimum Gasteiger partial charge on any atom is -0.351 e. The van der Waals surface area contributed by atoms with Gasteiger partial charge in [-0.15, -0.1) is 0 Å². The Hall–Kier alpha value is -2.03. The number of rotatable bonds is 3. The van der Waals surface area contributed by atoms with Crippen molar-refractivity contribution in [1.29, 1.82) is 5.26 Å². The van der Waals surface area contributed by atoms with Crippen molar-refractivity contribution >= 4 is 5.91 Å². The smallest absolute Gasteiger partial charge is 0.351 e. The summed E-state index contributed by atoms with van der Waals surface area (Å²) in [7, 11) is 0. The third-order valence-corrected chi connectivity index (χ3v) is 2.39. The molecule has 0 saturated heterocycles. The first kappa shape index (κ1) is 14.0. The van der Waals surface area contributed by atoms with Crippen molar-refractivity contribution in [3.63, 3.8) is 0 Å². The molecule has 6 heteroatoms. The van der Waals surface area contributed by atoms with Crippen LogP contribution in [0.1, 0.15) is 23.1 Å². The van der Waals surface area contributed by atoms with Crippen LogP contribution in [-0.4, -0.2) is 5.91 Å². The molecule has 1 aromatic carbocycles. The van der Waals surface area contributed by atoms with E-state index in [0.717, 1.165) is 12.1 Å². The molecule has 3 nitrogen and oxygen atoms in total. The number of alkyl halides is 3. The number of carbonyl (C=O) groups is 1. The summed E-state index contributed by atoms with van der Waals surface area (Å²) in [6.45, 7) is 1.66. The topological polar surface area (TPSA) is 52.9 Å². The quantitative estimate of drug-likeness (QED) is 0.903. The zero-order valence-electron chi connectivity index (χ0n) is 9.64. The van der Waals surface area contributed by atoms with Crippen molar-refractivity contribution < 1.29 is 18.0 Å². The van der Waals surface area contributed by atoms with E-state index in [9.17, 15) is 18.0 Å². The lowest BCUT2D eigenvalue weighted by Gasteiger charge is -2.11. The Morgan fingerprint density at radius 3 is 2.61 bits per heavy atom. The molecule has 0 saturated carbocycles. The van der Waals surface area contributed by atoms with Crippen molar-refractivity contribution in [3.05, 3.63) is 34.9 Å². The number of nitrogens with zero attached hydrogens (tertiary/aromatic N) is 1. The van der Waals surface area contributed by atoms with E-state index in [1.54, 1.807) is 13.0 Å². The van der Waals surface area contributed by atoms with E-state index in [0.29, 0.717) is 11.1 Å². The van der Waals surface area contributed by atoms with Gasteiger partial charge in [0.05, 0.1) is 11.6 Å². The molecular weight excluding hydrogens is 245 g/mol. The highest BCUT2D eigenvalue weighted by Crippen LogP contribution is 2.30. The van der Waals surface area contributed by atoms with Crippen molar-refractivity contribution in [1.82, 2.24) is 5.32 Å². The van der Waals surface area contributed by atoms with Gasteiger partial charge in [0, 0.05) is 6.54 Å². The average Bonchev–Trinajstić information content (AvgIpc) is 2.26. The third kappa shape index (κ3) is 3.77. The summed E-state index contributed by atoms with van der Waals surface area (Å²) in [4.78, 5) is 11.0. The van der Waals surface area contributed by atoms with Gasteiger partial charge in [0.15, 0.2) is 0 Å². The molecule has 0 fully saturated rings. The van der Waals surface area contributed by atoms with Crippen LogP contribution in [0.4, 0.5) is 13.2 Å². The monoisotopic (exact) mass is 256 g/mol. The van der Waals surface area contributed by atoms with E-state index in [4.69, 9.17) is 5.26 Å². The molecule has 0 aliphatic heterocycles. The van der Waals surface area contributed by atoms with Gasteiger partial charge in [0.1, 0.15) is 6.42 Å². The summed E-state index contributed by atoms with van der Waals surface area (Å²) in [5.41, 5.74) is 0.323. The number of halogens is 3. The molecule has 0 atom stereocenters. The zero-order valence-corrected chi connectivity index (χ0v) is 9.64. The number of aryl methyl sites for hydroxylation is 1. The molecular formula is C12H11F3N2O. The van der Waals surface area contributed by atoms with Crippen LogP contribution in [0.25, 0.3) is 0 Å². The summed E-state index contributed by atoms with van der Waals surface area (Å²) < 4.78 is 37.2. The molecule has 0 spiro atoms. The fourth-order valence-corrected chi connectivity index (χ4v) is 1.40. The lowest BCUT2D eigenvalue weighted by molar-refractivity contribution is -0.137. The van der Waals surface area contributed by atoms with Gasteiger partial charge in [-0.3, -0.25) is 4.79 Å². The number of carbonyl (C=O) groups excluding carboxylic acids is 1. The molecule has 1 N–H and O–H groups in total. The minimum absolute atomic E-state index is 0.116. The molecule has 0 bridgehead atoms. The fourth-order valence-electron chi connectivity index (χ4n) is 1.40. The van der Waals surface area contributed by atoms with Gasteiger partial charge < -0.3 is 5.32 Å². The molecule has 96 valence electrons. The standard InChI is InChI=1S/C12H11F3N2O/c1-8-6-10(12(13,14)15)3-2-9(8)7-17-11(18)4-5-16/h2-3,6H,4,7H2,1H3,(H,17,18). The second-order valence-corrected chi connectivity index (χ2v) is 3.75. The van der Waals surface area contributed by atoms with Crippen molar-refractivity contribution in [2.75, 3.05) is 0 Å². The Bertz CT molecular complexity index is 489. The highest BCUT2D eigenvalue weighted by Gasteiger charge is 2.30. The number of nitrogens with one attached hydrogen (secondary N) is 1. The molecule has 0 aliphatic rings. The highest BCUT2D eigenvalue weighted by atomic mass is 19.4. The van der Waals surface area contributed by atoms with E-state index >= 15 is 0 Å². The van der Waals surface area contributed by atoms with Gasteiger partial charge in [0.2, 0.25) is 5.91 Å². The molecule has 18 heavy (non-hydrogen) atoms. The Morgan fingerprint density at radius 1 is 1.44 bits per heavy atom. The van der Waals surface area contributed by atoms with Crippen LogP contribution in [0.3, 0.4) is 0 Å². The normalized spacial score (nSPS) is 10.8. The molecule has 1 aromatic rings. The minimum atomic E-state index is -4.37. The first-order valence-electron chi connectivity index (χ1n) is 5.15. The van der Waals surface area contributed by atoms with E-state index in [1.807, 2.05) is 0 Å². The van der Waals surface area contributed by atoms with E-state index < -0.39 is 17.6 Å². The van der Waals surface area contributed by atoms with Crippen LogP contribution in [-0.2, 0) is 17.5 Å². The molecule has 0 unspecified atom stereocenters. The fraction of sp³-hybridized carbons (Fsp3) is 0.333. The van der Waals surface area contributed by atoms with Crippen molar-refractivity contribution in [3.8, 4) is 6.07 Å². The van der Waals surface area contributed by atoms with Gasteiger partial charge in [0.25, 0.3) is 0 Å². The summed E-state index contributed by atoms with van der Waals surface area (Å²) in [5, 5.41) is 10.7. The molecule has 1 rings (SSSR count). The number of hydrogen-bond acceptors (Lipinski definition) is 2. The predicted molar refractivity (Wildman–Crippen MR) is 58.3 cm³/mol. The van der Waals surface area contributed by atoms with Gasteiger partial charge in [-0.05, 0) is 30.2 Å². The van der Waals surface area contributed by atoms with Crippen LogP contribution < -0.4 is 5.32 Å². The number of hydrogen-bond donors (Lipinski definition) is 1. The van der Waals surface area contributed by atoms with Crippen molar-refractivity contribution in [2.45, 2.75) is 26.1 Å². The number of benzene rings is 1. The maximum atomic E-state index is 12.4. The molecule has 0 aliphatic carbocycles. The third-order valence-electron chi connectivity index (χ3n) is 2.39. The Morgan fingerprint density at radius 2 is 2.11 bits per heavy atom. The van der Waals surface area contributed by atoms with Crippen LogP contribution in [0.15, 0.2) is 18.2 Å². The molecule has 0 aromatic heterocycles. The zero-order chi connectivity index (χ0) is 13.8. The largest absolute Gasteiger partial charge is 0.416 e. The Labute approximate surface area is 102 Å². The second kappa shape index (κ2) is 5.54. The molecule has 0 heterocycles. The molecule has 1 amide bonds.